The van der Waals surface area contributed by atoms with E-state index in [0.717, 1.165) is 0 Å². The predicted molar refractivity (Wildman–Crippen MR) is 99.8 cm³/mol. The molecule has 8 nitrogen and oxygen atoms in total. The minimum absolute atomic E-state index is 0.00409. The van der Waals surface area contributed by atoms with E-state index in [9.17, 15) is 9.59 Å². The van der Waals surface area contributed by atoms with Crippen LogP contribution in [-0.2, 0) is 16.1 Å². The molecule has 2 heterocycles. The van der Waals surface area contributed by atoms with Crippen LogP contribution in [-0.4, -0.2) is 25.7 Å². The summed E-state index contributed by atoms with van der Waals surface area (Å²) in [5.74, 6) is 1.06. The van der Waals surface area contributed by atoms with E-state index in [4.69, 9.17) is 18.6 Å². The van der Waals surface area contributed by atoms with E-state index < -0.39 is 18.0 Å². The molecule has 28 heavy (non-hydrogen) atoms. The molecule has 0 radical (unpaired) electrons. The average Bonchev–Trinajstić information content (AvgIpc) is 3.19. The van der Waals surface area contributed by atoms with Crippen molar-refractivity contribution in [1.82, 2.24) is 10.6 Å². The third kappa shape index (κ3) is 4.11. The summed E-state index contributed by atoms with van der Waals surface area (Å²) in [4.78, 5) is 24.8. The first-order chi connectivity index (χ1) is 13.5. The van der Waals surface area contributed by atoms with Crippen LogP contribution >= 0.6 is 0 Å². The highest BCUT2D eigenvalue weighted by Crippen LogP contribution is 2.34. The molecule has 8 heteroatoms. The highest BCUT2D eigenvalue weighted by molar-refractivity contribution is 5.95. The quantitative estimate of drug-likeness (QED) is 0.710. The topological polar surface area (TPSA) is 99.0 Å². The summed E-state index contributed by atoms with van der Waals surface area (Å²) < 4.78 is 21.5. The van der Waals surface area contributed by atoms with E-state index in [1.165, 1.54) is 13.4 Å². The van der Waals surface area contributed by atoms with E-state index in [-0.39, 0.29) is 6.61 Å². The Bertz CT molecular complexity index is 888. The van der Waals surface area contributed by atoms with Gasteiger partial charge in [-0.1, -0.05) is 6.07 Å². The van der Waals surface area contributed by atoms with Gasteiger partial charge in [-0.3, -0.25) is 0 Å². The fourth-order valence-electron chi connectivity index (χ4n) is 2.96. The lowest BCUT2D eigenvalue weighted by Gasteiger charge is -2.28. The number of benzene rings is 1. The van der Waals surface area contributed by atoms with Gasteiger partial charge in [-0.25, -0.2) is 9.59 Å². The van der Waals surface area contributed by atoms with Gasteiger partial charge < -0.3 is 29.3 Å². The molecule has 1 atom stereocenters. The highest BCUT2D eigenvalue weighted by Gasteiger charge is 2.33. The van der Waals surface area contributed by atoms with Crippen LogP contribution in [0.2, 0.25) is 0 Å². The molecule has 2 aromatic rings. The predicted octanol–water partition coefficient (Wildman–Crippen LogP) is 3.06. The van der Waals surface area contributed by atoms with Gasteiger partial charge >= 0.3 is 12.0 Å². The van der Waals surface area contributed by atoms with Crippen molar-refractivity contribution >= 4 is 12.0 Å². The summed E-state index contributed by atoms with van der Waals surface area (Å²) in [6, 6.07) is 7.58. The second-order valence-electron chi connectivity index (χ2n) is 6.07. The number of ether oxygens (including phenoxy) is 3. The molecule has 148 valence electrons. The summed E-state index contributed by atoms with van der Waals surface area (Å²) in [5.41, 5.74) is 1.39. The number of urea groups is 1. The average molecular weight is 386 g/mol. The molecule has 0 unspecified atom stereocenters. The number of rotatable bonds is 7. The van der Waals surface area contributed by atoms with Gasteiger partial charge in [0.2, 0.25) is 0 Å². The third-order valence-electron chi connectivity index (χ3n) is 4.24. The number of nitrogens with one attached hydrogen (secondary N) is 2. The van der Waals surface area contributed by atoms with Crippen LogP contribution in [0.4, 0.5) is 4.79 Å². The van der Waals surface area contributed by atoms with Gasteiger partial charge in [0.15, 0.2) is 11.5 Å². The van der Waals surface area contributed by atoms with Crippen molar-refractivity contribution in [3.63, 3.8) is 0 Å². The van der Waals surface area contributed by atoms with Crippen LogP contribution in [0.5, 0.6) is 11.5 Å². The summed E-state index contributed by atoms with van der Waals surface area (Å²) >= 11 is 0. The first-order valence-electron chi connectivity index (χ1n) is 8.82. The number of allylic oxidation sites excluding steroid dienone is 1. The van der Waals surface area contributed by atoms with Gasteiger partial charge in [-0.2, -0.15) is 0 Å². The van der Waals surface area contributed by atoms with E-state index in [1.807, 2.05) is 6.92 Å². The number of amides is 2. The molecular formula is C20H22N2O6. The molecule has 1 aliphatic heterocycles. The number of carbonyl (C=O) groups is 2. The standard InChI is InChI=1S/C20H22N2O6/c1-4-26-15-8-7-13(10-16(15)25-3)18-17(12(2)21-20(24)22-18)19(23)28-11-14-6-5-9-27-14/h5-10,18H,4,11H2,1-3H3,(H2,21,22,24)/t18-/m1/s1. The molecule has 0 spiro atoms. The molecule has 0 bridgehead atoms. The van der Waals surface area contributed by atoms with Crippen molar-refractivity contribution in [1.29, 1.82) is 0 Å². The second kappa shape index (κ2) is 8.51. The number of esters is 1. The largest absolute Gasteiger partial charge is 0.493 e. The zero-order chi connectivity index (χ0) is 20.1. The Balaban J connectivity index is 1.89. The van der Waals surface area contributed by atoms with Crippen LogP contribution in [0.3, 0.4) is 0 Å². The number of methoxy groups -OCH3 is 1. The van der Waals surface area contributed by atoms with E-state index >= 15 is 0 Å². The van der Waals surface area contributed by atoms with Gasteiger partial charge in [-0.05, 0) is 43.7 Å². The zero-order valence-corrected chi connectivity index (χ0v) is 15.9. The van der Waals surface area contributed by atoms with E-state index in [0.29, 0.717) is 40.7 Å². The minimum Gasteiger partial charge on any atom is -0.493 e. The van der Waals surface area contributed by atoms with E-state index in [2.05, 4.69) is 10.6 Å². The Morgan fingerprint density at radius 1 is 1.25 bits per heavy atom. The zero-order valence-electron chi connectivity index (χ0n) is 15.9. The Morgan fingerprint density at radius 2 is 2.07 bits per heavy atom. The van der Waals surface area contributed by atoms with Gasteiger partial charge in [0.1, 0.15) is 12.4 Å². The van der Waals surface area contributed by atoms with Gasteiger partial charge in [0, 0.05) is 5.70 Å². The first-order valence-corrected chi connectivity index (χ1v) is 8.82. The second-order valence-corrected chi connectivity index (χ2v) is 6.07. The molecule has 2 N–H and O–H groups in total. The van der Waals surface area contributed by atoms with Crippen LogP contribution in [0.25, 0.3) is 0 Å². The van der Waals surface area contributed by atoms with Crippen LogP contribution in [0, 0.1) is 0 Å². The first kappa shape index (κ1) is 19.3. The number of carbonyl (C=O) groups excluding carboxylic acids is 2. The maximum absolute atomic E-state index is 12.7. The molecular weight excluding hydrogens is 364 g/mol. The molecule has 1 aromatic carbocycles. The van der Waals surface area contributed by atoms with Crippen molar-refractivity contribution in [2.45, 2.75) is 26.5 Å². The van der Waals surface area contributed by atoms with Crippen molar-refractivity contribution in [3.05, 3.63) is 59.2 Å². The summed E-state index contributed by atoms with van der Waals surface area (Å²) in [6.45, 7) is 4.01. The number of hydrogen-bond acceptors (Lipinski definition) is 6. The van der Waals surface area contributed by atoms with Gasteiger partial charge in [0.05, 0.1) is 31.6 Å². The lowest BCUT2D eigenvalue weighted by Crippen LogP contribution is -2.45. The van der Waals surface area contributed by atoms with Crippen molar-refractivity contribution < 1.29 is 28.2 Å². The summed E-state index contributed by atoms with van der Waals surface area (Å²) in [5, 5.41) is 5.37. The number of hydrogen-bond donors (Lipinski definition) is 2. The lowest BCUT2D eigenvalue weighted by molar-refractivity contribution is -0.141. The molecule has 1 aliphatic rings. The molecule has 0 fully saturated rings. The summed E-state index contributed by atoms with van der Waals surface area (Å²) in [7, 11) is 1.53. The normalized spacial score (nSPS) is 16.2. The van der Waals surface area contributed by atoms with Gasteiger partial charge in [-0.15, -0.1) is 0 Å². The van der Waals surface area contributed by atoms with Crippen LogP contribution in [0.1, 0.15) is 31.2 Å². The Labute approximate surface area is 162 Å². The monoisotopic (exact) mass is 386 g/mol. The Kier molecular flexibility index (Phi) is 5.88. The minimum atomic E-state index is -0.692. The molecule has 1 aromatic heterocycles. The lowest BCUT2D eigenvalue weighted by atomic mass is 9.95. The maximum atomic E-state index is 12.7. The number of furan rings is 1. The van der Waals surface area contributed by atoms with Crippen molar-refractivity contribution in [3.8, 4) is 11.5 Å². The van der Waals surface area contributed by atoms with Crippen LogP contribution in [0.15, 0.2) is 52.3 Å². The smallest absolute Gasteiger partial charge is 0.338 e. The summed E-state index contributed by atoms with van der Waals surface area (Å²) in [6.07, 6.45) is 1.51. The van der Waals surface area contributed by atoms with Crippen molar-refractivity contribution in [2.24, 2.45) is 0 Å². The molecule has 0 aliphatic carbocycles. The van der Waals surface area contributed by atoms with Gasteiger partial charge in [0.25, 0.3) is 0 Å². The fraction of sp³-hybridized carbons (Fsp3) is 0.300. The third-order valence-corrected chi connectivity index (χ3v) is 4.24. The maximum Gasteiger partial charge on any atom is 0.338 e. The van der Waals surface area contributed by atoms with E-state index in [1.54, 1.807) is 37.3 Å². The molecule has 0 saturated carbocycles. The van der Waals surface area contributed by atoms with Crippen LogP contribution < -0.4 is 20.1 Å². The molecule has 2 amide bonds. The fourth-order valence-corrected chi connectivity index (χ4v) is 2.96. The highest BCUT2D eigenvalue weighted by atomic mass is 16.5. The molecule has 0 saturated heterocycles. The Hall–Kier alpha value is -3.42. The molecule has 3 rings (SSSR count). The SMILES string of the molecule is CCOc1ccc([C@H]2NC(=O)NC(C)=C2C(=O)OCc2ccco2)cc1OC. The van der Waals surface area contributed by atoms with Crippen molar-refractivity contribution in [2.75, 3.05) is 13.7 Å². The Morgan fingerprint density at radius 3 is 2.75 bits per heavy atom.